The largest absolute Gasteiger partial charge is 0.493 e. The van der Waals surface area contributed by atoms with E-state index in [1.807, 2.05) is 72.8 Å². The standard InChI is InChI=1S/C34H29BrFNO4/c1-2-3-21-40-32-22-26(35)13-18-29(32)33-31(20-19-30(38)25-9-14-27(36)15-10-25)41-34(39)37(33)28-16-11-24(12-17-28)23-7-5-4-6-8-23/h4-20,22,31,33H,2-3,21H2,1H3/b20-19+/t31-,33-/m1/s1. The molecular weight excluding hydrogens is 585 g/mol. The van der Waals surface area contributed by atoms with Crippen LogP contribution in [0.1, 0.15) is 41.7 Å². The van der Waals surface area contributed by atoms with E-state index in [1.54, 1.807) is 11.0 Å². The van der Waals surface area contributed by atoms with E-state index < -0.39 is 24.1 Å². The summed E-state index contributed by atoms with van der Waals surface area (Å²) >= 11 is 3.53. The van der Waals surface area contributed by atoms with Crippen molar-refractivity contribution in [3.63, 3.8) is 0 Å². The van der Waals surface area contributed by atoms with Crippen molar-refractivity contribution in [2.45, 2.75) is 31.9 Å². The topological polar surface area (TPSA) is 55.8 Å². The third kappa shape index (κ3) is 6.57. The second kappa shape index (κ2) is 13.0. The third-order valence-electron chi connectivity index (χ3n) is 6.89. The van der Waals surface area contributed by atoms with Crippen LogP contribution in [0, 0.1) is 5.82 Å². The summed E-state index contributed by atoms with van der Waals surface area (Å²) in [4.78, 5) is 27.9. The van der Waals surface area contributed by atoms with Crippen molar-refractivity contribution in [3.05, 3.63) is 131 Å². The van der Waals surface area contributed by atoms with Crippen molar-refractivity contribution in [2.75, 3.05) is 11.5 Å². The van der Waals surface area contributed by atoms with E-state index in [4.69, 9.17) is 9.47 Å². The molecule has 41 heavy (non-hydrogen) atoms. The molecule has 5 rings (SSSR count). The number of anilines is 1. The van der Waals surface area contributed by atoms with Gasteiger partial charge >= 0.3 is 6.09 Å². The minimum atomic E-state index is -0.782. The first-order valence-electron chi connectivity index (χ1n) is 13.5. The first-order valence-corrected chi connectivity index (χ1v) is 14.3. The molecule has 1 heterocycles. The van der Waals surface area contributed by atoms with E-state index >= 15 is 0 Å². The summed E-state index contributed by atoms with van der Waals surface area (Å²) in [5.41, 5.74) is 3.84. The van der Waals surface area contributed by atoms with Crippen molar-refractivity contribution in [2.24, 2.45) is 0 Å². The molecule has 1 saturated heterocycles. The lowest BCUT2D eigenvalue weighted by molar-refractivity contribution is 0.104. The van der Waals surface area contributed by atoms with Gasteiger partial charge in [-0.3, -0.25) is 9.69 Å². The highest BCUT2D eigenvalue weighted by Crippen LogP contribution is 2.43. The fourth-order valence-electron chi connectivity index (χ4n) is 4.77. The Labute approximate surface area is 247 Å². The van der Waals surface area contributed by atoms with Crippen LogP contribution in [0.3, 0.4) is 0 Å². The molecule has 4 aromatic carbocycles. The lowest BCUT2D eigenvalue weighted by Gasteiger charge is -2.26. The molecule has 0 N–H and O–H groups in total. The van der Waals surface area contributed by atoms with E-state index in [9.17, 15) is 14.0 Å². The minimum Gasteiger partial charge on any atom is -0.493 e. The van der Waals surface area contributed by atoms with E-state index in [0.717, 1.165) is 34.0 Å². The Hall–Kier alpha value is -4.23. The van der Waals surface area contributed by atoms with Gasteiger partial charge in [0.2, 0.25) is 0 Å². The minimum absolute atomic E-state index is 0.319. The number of hydrogen-bond acceptors (Lipinski definition) is 4. The molecule has 2 atom stereocenters. The van der Waals surface area contributed by atoms with Crippen molar-refractivity contribution in [1.29, 1.82) is 0 Å². The van der Waals surface area contributed by atoms with Crippen molar-refractivity contribution >= 4 is 33.5 Å². The molecule has 0 aromatic heterocycles. The van der Waals surface area contributed by atoms with Gasteiger partial charge in [0.1, 0.15) is 23.7 Å². The Balaban J connectivity index is 1.52. The Morgan fingerprint density at radius 3 is 2.39 bits per heavy atom. The van der Waals surface area contributed by atoms with Crippen LogP contribution >= 0.6 is 15.9 Å². The van der Waals surface area contributed by atoms with Crippen LogP contribution in [0.15, 0.2) is 114 Å². The maximum atomic E-state index is 13.4. The smallest absolute Gasteiger partial charge is 0.415 e. The molecule has 0 saturated carbocycles. The van der Waals surface area contributed by atoms with Gasteiger partial charge in [-0.25, -0.2) is 9.18 Å². The molecule has 1 aliphatic heterocycles. The molecule has 1 fully saturated rings. The molecular formula is C34H29BrFNO4. The van der Waals surface area contributed by atoms with Crippen LogP contribution in [0.4, 0.5) is 14.9 Å². The van der Waals surface area contributed by atoms with Crippen LogP contribution < -0.4 is 9.64 Å². The number of benzene rings is 4. The van der Waals surface area contributed by atoms with E-state index in [1.165, 1.54) is 30.3 Å². The zero-order valence-electron chi connectivity index (χ0n) is 22.5. The third-order valence-corrected chi connectivity index (χ3v) is 7.38. The first-order chi connectivity index (χ1) is 19.9. The van der Waals surface area contributed by atoms with Crippen LogP contribution in [-0.4, -0.2) is 24.6 Å². The zero-order valence-corrected chi connectivity index (χ0v) is 24.1. The number of amides is 1. The van der Waals surface area contributed by atoms with E-state index in [-0.39, 0.29) is 5.78 Å². The van der Waals surface area contributed by atoms with Crippen LogP contribution in [0.2, 0.25) is 0 Å². The van der Waals surface area contributed by atoms with Gasteiger partial charge in [-0.2, -0.15) is 0 Å². The Morgan fingerprint density at radius 1 is 0.976 bits per heavy atom. The molecule has 0 radical (unpaired) electrons. The van der Waals surface area contributed by atoms with E-state index in [2.05, 4.69) is 22.9 Å². The first kappa shape index (κ1) is 28.3. The fourth-order valence-corrected chi connectivity index (χ4v) is 5.11. The molecule has 5 nitrogen and oxygen atoms in total. The Morgan fingerprint density at radius 2 is 1.68 bits per heavy atom. The number of carbonyl (C=O) groups excluding carboxylic acids is 2. The molecule has 0 aliphatic carbocycles. The molecule has 1 aliphatic rings. The van der Waals surface area contributed by atoms with Crippen LogP contribution in [-0.2, 0) is 4.74 Å². The van der Waals surface area contributed by atoms with Gasteiger partial charge in [-0.05, 0) is 78.2 Å². The summed E-state index contributed by atoms with van der Waals surface area (Å²) in [5.74, 6) is -0.110. The highest BCUT2D eigenvalue weighted by molar-refractivity contribution is 9.10. The quantitative estimate of drug-likeness (QED) is 0.102. The van der Waals surface area contributed by atoms with Crippen molar-refractivity contribution < 1.29 is 23.5 Å². The van der Waals surface area contributed by atoms with Crippen LogP contribution in [0.5, 0.6) is 5.75 Å². The molecule has 208 valence electrons. The number of rotatable bonds is 10. The van der Waals surface area contributed by atoms with E-state index in [0.29, 0.717) is 23.6 Å². The SMILES string of the molecule is CCCCOc1cc(Br)ccc1[C@@H]1[C@@H](/C=C/C(=O)c2ccc(F)cc2)OC(=O)N1c1ccc(-c2ccccc2)cc1. The maximum Gasteiger partial charge on any atom is 0.415 e. The fraction of sp³-hybridized carbons (Fsp3) is 0.176. The van der Waals surface area contributed by atoms with Gasteiger partial charge in [-0.15, -0.1) is 0 Å². The average Bonchev–Trinajstić information content (AvgIpc) is 3.32. The Bertz CT molecular complexity index is 1540. The zero-order chi connectivity index (χ0) is 28.8. The molecule has 4 aromatic rings. The van der Waals surface area contributed by atoms with Gasteiger partial charge in [0.05, 0.1) is 6.61 Å². The molecule has 0 bridgehead atoms. The number of unbranched alkanes of at least 4 members (excludes halogenated alkanes) is 1. The highest BCUT2D eigenvalue weighted by atomic mass is 79.9. The summed E-state index contributed by atoms with van der Waals surface area (Å²) < 4.78 is 26.2. The van der Waals surface area contributed by atoms with Crippen molar-refractivity contribution in [1.82, 2.24) is 0 Å². The molecule has 0 unspecified atom stereocenters. The van der Waals surface area contributed by atoms with Crippen molar-refractivity contribution in [3.8, 4) is 16.9 Å². The number of allylic oxidation sites excluding steroid dienone is 1. The number of cyclic esters (lactones) is 1. The monoisotopic (exact) mass is 613 g/mol. The number of hydrogen-bond donors (Lipinski definition) is 0. The number of ether oxygens (including phenoxy) is 2. The normalized spacial score (nSPS) is 16.7. The number of carbonyl (C=O) groups is 2. The summed E-state index contributed by atoms with van der Waals surface area (Å²) in [6.07, 6.45) is 3.50. The number of halogens is 2. The predicted molar refractivity (Wildman–Crippen MR) is 162 cm³/mol. The predicted octanol–water partition coefficient (Wildman–Crippen LogP) is 8.94. The van der Waals surface area contributed by atoms with Gasteiger partial charge in [0.25, 0.3) is 0 Å². The lowest BCUT2D eigenvalue weighted by Crippen LogP contribution is -2.29. The number of nitrogens with zero attached hydrogens (tertiary/aromatic N) is 1. The summed E-state index contributed by atoms with van der Waals surface area (Å²) in [6.45, 7) is 2.62. The molecule has 1 amide bonds. The van der Waals surface area contributed by atoms with Gasteiger partial charge in [0.15, 0.2) is 5.78 Å². The maximum absolute atomic E-state index is 13.4. The summed E-state index contributed by atoms with van der Waals surface area (Å²) in [7, 11) is 0. The van der Waals surface area contributed by atoms with Gasteiger partial charge in [-0.1, -0.05) is 77.8 Å². The Kier molecular flexibility index (Phi) is 8.95. The highest BCUT2D eigenvalue weighted by Gasteiger charge is 2.44. The lowest BCUT2D eigenvalue weighted by atomic mass is 9.97. The summed E-state index contributed by atoms with van der Waals surface area (Å²) in [6, 6.07) is 28.1. The molecule has 7 heteroatoms. The molecule has 0 spiro atoms. The van der Waals surface area contributed by atoms with Gasteiger partial charge < -0.3 is 9.47 Å². The van der Waals surface area contributed by atoms with Gasteiger partial charge in [0, 0.05) is 21.3 Å². The second-order valence-corrected chi connectivity index (χ2v) is 10.6. The van der Waals surface area contributed by atoms with Crippen LogP contribution in [0.25, 0.3) is 11.1 Å². The summed E-state index contributed by atoms with van der Waals surface area (Å²) in [5, 5.41) is 0. The second-order valence-electron chi connectivity index (χ2n) is 9.69. The average molecular weight is 615 g/mol. The number of ketones is 1.